The van der Waals surface area contributed by atoms with Gasteiger partial charge in [-0.05, 0) is 51.5 Å². The van der Waals surface area contributed by atoms with Gasteiger partial charge in [-0.1, -0.05) is 0 Å². The van der Waals surface area contributed by atoms with Crippen LogP contribution in [0.15, 0.2) is 18.2 Å². The third-order valence-corrected chi connectivity index (χ3v) is 3.77. The second-order valence-electron chi connectivity index (χ2n) is 5.63. The molecule has 0 saturated heterocycles. The van der Waals surface area contributed by atoms with Crippen molar-refractivity contribution in [2.75, 3.05) is 6.54 Å². The lowest BCUT2D eigenvalue weighted by molar-refractivity contribution is -0.119. The molecule has 112 valence electrons. The van der Waals surface area contributed by atoms with Gasteiger partial charge in [-0.15, -0.1) is 0 Å². The molecule has 0 spiro atoms. The largest absolute Gasteiger partial charge is 0.368 e. The van der Waals surface area contributed by atoms with Crippen molar-refractivity contribution >= 4 is 22.7 Å². The zero-order valence-corrected chi connectivity index (χ0v) is 12.9. The fraction of sp³-hybridized carbons (Fsp3) is 0.375. The van der Waals surface area contributed by atoms with Crippen LogP contribution in [0, 0.1) is 13.8 Å². The normalized spacial score (nSPS) is 11.1. The summed E-state index contributed by atoms with van der Waals surface area (Å²) < 4.78 is 0. The monoisotopic (exact) mass is 287 g/mol. The standard InChI is InChI=1S/C16H21N3O2/c1-9(2)19(8-15(17)20)16(21)12-5-6-14-13(7-12)10(3)11(4)18-14/h5-7,9,18H,8H2,1-4H3,(H2,17,20). The fourth-order valence-corrected chi connectivity index (χ4v) is 2.42. The van der Waals surface area contributed by atoms with Gasteiger partial charge in [-0.2, -0.15) is 0 Å². The van der Waals surface area contributed by atoms with Gasteiger partial charge in [0.25, 0.3) is 5.91 Å². The van der Waals surface area contributed by atoms with Gasteiger partial charge in [0.15, 0.2) is 0 Å². The lowest BCUT2D eigenvalue weighted by Gasteiger charge is -2.25. The van der Waals surface area contributed by atoms with Gasteiger partial charge in [0.1, 0.15) is 0 Å². The maximum Gasteiger partial charge on any atom is 0.254 e. The molecule has 0 radical (unpaired) electrons. The molecule has 3 N–H and O–H groups in total. The molecule has 0 unspecified atom stereocenters. The molecule has 2 amide bonds. The molecule has 0 aliphatic heterocycles. The van der Waals surface area contributed by atoms with E-state index in [2.05, 4.69) is 4.98 Å². The number of hydrogen-bond acceptors (Lipinski definition) is 2. The lowest BCUT2D eigenvalue weighted by Crippen LogP contribution is -2.42. The van der Waals surface area contributed by atoms with E-state index in [1.165, 1.54) is 4.90 Å². The number of H-pyrrole nitrogens is 1. The molecule has 0 bridgehead atoms. The van der Waals surface area contributed by atoms with E-state index in [1.807, 2.05) is 39.8 Å². The molecule has 1 heterocycles. The van der Waals surface area contributed by atoms with E-state index in [1.54, 1.807) is 6.07 Å². The molecule has 5 heteroatoms. The molecule has 2 rings (SSSR count). The van der Waals surface area contributed by atoms with Crippen LogP contribution in [0.25, 0.3) is 10.9 Å². The van der Waals surface area contributed by atoms with Crippen molar-refractivity contribution in [1.29, 1.82) is 0 Å². The smallest absolute Gasteiger partial charge is 0.254 e. The van der Waals surface area contributed by atoms with Crippen LogP contribution < -0.4 is 5.73 Å². The lowest BCUT2D eigenvalue weighted by atomic mass is 10.1. The number of carbonyl (C=O) groups excluding carboxylic acids is 2. The molecule has 5 nitrogen and oxygen atoms in total. The minimum absolute atomic E-state index is 0.0698. The van der Waals surface area contributed by atoms with E-state index in [-0.39, 0.29) is 18.5 Å². The average molecular weight is 287 g/mol. The molecule has 0 aliphatic carbocycles. The number of nitrogens with zero attached hydrogens (tertiary/aromatic N) is 1. The van der Waals surface area contributed by atoms with Crippen LogP contribution in [0.1, 0.15) is 35.5 Å². The Morgan fingerprint density at radius 1 is 1.29 bits per heavy atom. The summed E-state index contributed by atoms with van der Waals surface area (Å²) in [5, 5.41) is 1.03. The maximum atomic E-state index is 12.6. The Hall–Kier alpha value is -2.30. The van der Waals surface area contributed by atoms with Gasteiger partial charge >= 0.3 is 0 Å². The molecule has 1 aromatic carbocycles. The summed E-state index contributed by atoms with van der Waals surface area (Å²) in [6.45, 7) is 7.69. The number of amides is 2. The number of hydrogen-bond donors (Lipinski definition) is 2. The highest BCUT2D eigenvalue weighted by Gasteiger charge is 2.21. The van der Waals surface area contributed by atoms with Gasteiger partial charge in [-0.3, -0.25) is 9.59 Å². The van der Waals surface area contributed by atoms with Gasteiger partial charge < -0.3 is 15.6 Å². The van der Waals surface area contributed by atoms with E-state index in [9.17, 15) is 9.59 Å². The van der Waals surface area contributed by atoms with Crippen molar-refractivity contribution in [3.63, 3.8) is 0 Å². The van der Waals surface area contributed by atoms with Gasteiger partial charge in [0.05, 0.1) is 6.54 Å². The summed E-state index contributed by atoms with van der Waals surface area (Å²) in [6, 6.07) is 5.45. The molecular formula is C16H21N3O2. The number of aromatic nitrogens is 1. The first-order valence-electron chi connectivity index (χ1n) is 6.99. The third kappa shape index (κ3) is 2.91. The summed E-state index contributed by atoms with van der Waals surface area (Å²) in [7, 11) is 0. The quantitative estimate of drug-likeness (QED) is 0.903. The molecule has 21 heavy (non-hydrogen) atoms. The number of benzene rings is 1. The Morgan fingerprint density at radius 3 is 2.52 bits per heavy atom. The highest BCUT2D eigenvalue weighted by atomic mass is 16.2. The Labute approximate surface area is 124 Å². The summed E-state index contributed by atoms with van der Waals surface area (Å²) in [5.74, 6) is -0.684. The number of primary amides is 1. The molecule has 0 fully saturated rings. The number of carbonyl (C=O) groups is 2. The van der Waals surface area contributed by atoms with Crippen molar-refractivity contribution in [1.82, 2.24) is 9.88 Å². The first-order chi connectivity index (χ1) is 9.81. The van der Waals surface area contributed by atoms with Crippen LogP contribution in [-0.2, 0) is 4.79 Å². The Morgan fingerprint density at radius 2 is 1.95 bits per heavy atom. The summed E-state index contributed by atoms with van der Waals surface area (Å²) in [5.41, 5.74) is 9.02. The molecule has 1 aromatic heterocycles. The van der Waals surface area contributed by atoms with Gasteiger partial charge in [-0.25, -0.2) is 0 Å². The van der Waals surface area contributed by atoms with Crippen molar-refractivity contribution < 1.29 is 9.59 Å². The maximum absolute atomic E-state index is 12.6. The molecule has 0 saturated carbocycles. The van der Waals surface area contributed by atoms with E-state index in [0.717, 1.165) is 22.2 Å². The predicted octanol–water partition coefficient (Wildman–Crippen LogP) is 2.12. The van der Waals surface area contributed by atoms with Crippen LogP contribution in [0.3, 0.4) is 0 Å². The number of nitrogens with one attached hydrogen (secondary N) is 1. The Kier molecular flexibility index (Phi) is 4.02. The average Bonchev–Trinajstić information content (AvgIpc) is 2.70. The summed E-state index contributed by atoms with van der Waals surface area (Å²) in [4.78, 5) is 28.5. The zero-order valence-electron chi connectivity index (χ0n) is 12.9. The zero-order chi connectivity index (χ0) is 15.7. The van der Waals surface area contributed by atoms with Crippen LogP contribution in [0.5, 0.6) is 0 Å². The number of aromatic amines is 1. The topological polar surface area (TPSA) is 79.2 Å². The van der Waals surface area contributed by atoms with E-state index in [4.69, 9.17) is 5.73 Å². The predicted molar refractivity (Wildman–Crippen MR) is 83.1 cm³/mol. The van der Waals surface area contributed by atoms with Crippen LogP contribution in [0.2, 0.25) is 0 Å². The second-order valence-corrected chi connectivity index (χ2v) is 5.63. The second kappa shape index (κ2) is 5.60. The molecule has 2 aromatic rings. The van der Waals surface area contributed by atoms with Crippen LogP contribution >= 0.6 is 0 Å². The number of rotatable bonds is 4. The highest BCUT2D eigenvalue weighted by molar-refractivity contribution is 6.00. The molecule has 0 aliphatic rings. The van der Waals surface area contributed by atoms with Crippen molar-refractivity contribution in [3.8, 4) is 0 Å². The third-order valence-electron chi connectivity index (χ3n) is 3.77. The summed E-state index contributed by atoms with van der Waals surface area (Å²) in [6.07, 6.45) is 0. The minimum atomic E-state index is -0.508. The number of fused-ring (bicyclic) bond motifs is 1. The fourth-order valence-electron chi connectivity index (χ4n) is 2.42. The molecular weight excluding hydrogens is 266 g/mol. The molecule has 0 atom stereocenters. The van der Waals surface area contributed by atoms with Gasteiger partial charge in [0.2, 0.25) is 5.91 Å². The highest BCUT2D eigenvalue weighted by Crippen LogP contribution is 2.23. The van der Waals surface area contributed by atoms with E-state index < -0.39 is 5.91 Å². The SMILES string of the molecule is Cc1[nH]c2ccc(C(=O)N(CC(N)=O)C(C)C)cc2c1C. The van der Waals surface area contributed by atoms with E-state index in [0.29, 0.717) is 5.56 Å². The first kappa shape index (κ1) is 15.1. The van der Waals surface area contributed by atoms with Crippen LogP contribution in [-0.4, -0.2) is 34.3 Å². The number of aryl methyl sites for hydroxylation is 2. The van der Waals surface area contributed by atoms with Crippen molar-refractivity contribution in [2.24, 2.45) is 5.73 Å². The van der Waals surface area contributed by atoms with Crippen LogP contribution in [0.4, 0.5) is 0 Å². The van der Waals surface area contributed by atoms with Gasteiger partial charge in [0, 0.05) is 28.2 Å². The Bertz CT molecular complexity index is 701. The minimum Gasteiger partial charge on any atom is -0.368 e. The Balaban J connectivity index is 2.42. The van der Waals surface area contributed by atoms with Crippen molar-refractivity contribution in [2.45, 2.75) is 33.7 Å². The summed E-state index contributed by atoms with van der Waals surface area (Å²) >= 11 is 0. The first-order valence-corrected chi connectivity index (χ1v) is 6.99. The number of nitrogens with two attached hydrogens (primary N) is 1. The van der Waals surface area contributed by atoms with Crippen molar-refractivity contribution in [3.05, 3.63) is 35.0 Å². The van der Waals surface area contributed by atoms with E-state index >= 15 is 0 Å².